The van der Waals surface area contributed by atoms with Gasteiger partial charge >= 0.3 is 11.9 Å². The molecular formula is C23H28O4. The Kier molecular flexibility index (Phi) is 8.56. The smallest absolute Gasteiger partial charge is 0.339 e. The lowest BCUT2D eigenvalue weighted by Crippen LogP contribution is -2.15. The van der Waals surface area contributed by atoms with E-state index in [1.807, 2.05) is 30.3 Å². The number of carbonyl (C=O) groups excluding carboxylic acids is 2. The van der Waals surface area contributed by atoms with Gasteiger partial charge in [0.25, 0.3) is 0 Å². The summed E-state index contributed by atoms with van der Waals surface area (Å²) < 4.78 is 10.7. The van der Waals surface area contributed by atoms with E-state index in [1.54, 1.807) is 24.3 Å². The van der Waals surface area contributed by atoms with Crippen LogP contribution in [0.25, 0.3) is 0 Å². The van der Waals surface area contributed by atoms with Crippen molar-refractivity contribution in [2.24, 2.45) is 5.92 Å². The van der Waals surface area contributed by atoms with Crippen molar-refractivity contribution < 1.29 is 19.1 Å². The van der Waals surface area contributed by atoms with Crippen LogP contribution in [0.1, 0.15) is 59.4 Å². The maximum Gasteiger partial charge on any atom is 0.339 e. The van der Waals surface area contributed by atoms with Crippen molar-refractivity contribution in [3.8, 4) is 0 Å². The number of aryl methyl sites for hydroxylation is 1. The fourth-order valence-electron chi connectivity index (χ4n) is 2.74. The van der Waals surface area contributed by atoms with Crippen LogP contribution in [0, 0.1) is 5.92 Å². The number of ether oxygens (including phenoxy) is 2. The first-order valence-electron chi connectivity index (χ1n) is 9.55. The third-order valence-electron chi connectivity index (χ3n) is 4.21. The van der Waals surface area contributed by atoms with Crippen LogP contribution in [0.4, 0.5) is 0 Å². The Labute approximate surface area is 161 Å². The van der Waals surface area contributed by atoms with Crippen LogP contribution in [-0.2, 0) is 15.9 Å². The molecule has 2 aromatic carbocycles. The molecule has 2 rings (SSSR count). The summed E-state index contributed by atoms with van der Waals surface area (Å²) in [6.45, 7) is 4.93. The Morgan fingerprint density at radius 3 is 1.85 bits per heavy atom. The molecule has 144 valence electrons. The van der Waals surface area contributed by atoms with E-state index in [4.69, 9.17) is 9.47 Å². The monoisotopic (exact) mass is 368 g/mol. The van der Waals surface area contributed by atoms with Gasteiger partial charge in [0, 0.05) is 0 Å². The van der Waals surface area contributed by atoms with Gasteiger partial charge in [-0.3, -0.25) is 0 Å². The second kappa shape index (κ2) is 11.2. The van der Waals surface area contributed by atoms with Crippen LogP contribution in [0.3, 0.4) is 0 Å². The van der Waals surface area contributed by atoms with Gasteiger partial charge in [-0.2, -0.15) is 0 Å². The van der Waals surface area contributed by atoms with Gasteiger partial charge in [0.1, 0.15) is 0 Å². The van der Waals surface area contributed by atoms with Crippen LogP contribution < -0.4 is 0 Å². The summed E-state index contributed by atoms with van der Waals surface area (Å²) in [5, 5.41) is 0. The summed E-state index contributed by atoms with van der Waals surface area (Å²) in [6, 6.07) is 16.7. The van der Waals surface area contributed by atoms with Gasteiger partial charge in [-0.05, 0) is 49.3 Å². The van der Waals surface area contributed by atoms with Crippen molar-refractivity contribution in [2.45, 2.75) is 39.5 Å². The Balaban J connectivity index is 1.84. The molecule has 0 N–H and O–H groups in total. The molecule has 0 aromatic heterocycles. The molecule has 0 aliphatic heterocycles. The second-order valence-electron chi connectivity index (χ2n) is 6.94. The summed E-state index contributed by atoms with van der Waals surface area (Å²) in [6.07, 6.45) is 3.39. The molecule has 0 saturated heterocycles. The van der Waals surface area contributed by atoms with E-state index in [-0.39, 0.29) is 11.1 Å². The van der Waals surface area contributed by atoms with Gasteiger partial charge in [0.05, 0.1) is 24.3 Å². The average molecular weight is 368 g/mol. The third-order valence-corrected chi connectivity index (χ3v) is 4.21. The molecule has 0 aliphatic carbocycles. The molecule has 0 unspecified atom stereocenters. The van der Waals surface area contributed by atoms with Crippen LogP contribution >= 0.6 is 0 Å². The lowest BCUT2D eigenvalue weighted by Gasteiger charge is -2.10. The number of benzene rings is 2. The zero-order valence-corrected chi connectivity index (χ0v) is 16.1. The summed E-state index contributed by atoms with van der Waals surface area (Å²) in [7, 11) is 0. The van der Waals surface area contributed by atoms with Gasteiger partial charge in [-0.25, -0.2) is 9.59 Å². The highest BCUT2D eigenvalue weighted by Crippen LogP contribution is 2.13. The SMILES string of the molecule is CC(C)CCCOC(=O)c1ccccc1C(=O)OCCCc1ccccc1. The van der Waals surface area contributed by atoms with Gasteiger partial charge < -0.3 is 9.47 Å². The van der Waals surface area contributed by atoms with Gasteiger partial charge in [-0.15, -0.1) is 0 Å². The lowest BCUT2D eigenvalue weighted by atomic mass is 10.1. The first kappa shape index (κ1) is 20.7. The minimum Gasteiger partial charge on any atom is -0.462 e. The molecule has 0 bridgehead atoms. The Morgan fingerprint density at radius 2 is 1.30 bits per heavy atom. The standard InChI is InChI=1S/C23H28O4/c1-18(2)10-8-16-26-22(24)20-14-6-7-15-21(20)23(25)27-17-9-13-19-11-4-3-5-12-19/h3-7,11-12,14-15,18H,8-10,13,16-17H2,1-2H3. The van der Waals surface area contributed by atoms with Crippen molar-refractivity contribution >= 4 is 11.9 Å². The fraction of sp³-hybridized carbons (Fsp3) is 0.391. The molecule has 4 nitrogen and oxygen atoms in total. The maximum absolute atomic E-state index is 12.4. The number of esters is 2. The average Bonchev–Trinajstić information content (AvgIpc) is 2.69. The Hall–Kier alpha value is -2.62. The molecule has 0 saturated carbocycles. The van der Waals surface area contributed by atoms with E-state index in [1.165, 1.54) is 5.56 Å². The highest BCUT2D eigenvalue weighted by atomic mass is 16.5. The van der Waals surface area contributed by atoms with Crippen molar-refractivity contribution in [1.29, 1.82) is 0 Å². The first-order valence-corrected chi connectivity index (χ1v) is 9.55. The molecule has 0 aliphatic rings. The number of rotatable bonds is 10. The largest absolute Gasteiger partial charge is 0.462 e. The molecule has 0 radical (unpaired) electrons. The molecule has 0 heterocycles. The van der Waals surface area contributed by atoms with Gasteiger partial charge in [0.15, 0.2) is 0 Å². The summed E-state index contributed by atoms with van der Waals surface area (Å²) in [4.78, 5) is 24.7. The van der Waals surface area contributed by atoms with Gasteiger partial charge in [-0.1, -0.05) is 56.3 Å². The van der Waals surface area contributed by atoms with E-state index in [2.05, 4.69) is 13.8 Å². The highest BCUT2D eigenvalue weighted by Gasteiger charge is 2.18. The van der Waals surface area contributed by atoms with Gasteiger partial charge in [0.2, 0.25) is 0 Å². The molecule has 2 aromatic rings. The van der Waals surface area contributed by atoms with E-state index < -0.39 is 11.9 Å². The summed E-state index contributed by atoms with van der Waals surface area (Å²) in [5.74, 6) is -0.393. The second-order valence-corrected chi connectivity index (χ2v) is 6.94. The topological polar surface area (TPSA) is 52.6 Å². The van der Waals surface area contributed by atoms with Crippen LogP contribution in [0.5, 0.6) is 0 Å². The lowest BCUT2D eigenvalue weighted by molar-refractivity contribution is 0.0450. The van der Waals surface area contributed by atoms with E-state index in [0.29, 0.717) is 19.1 Å². The Morgan fingerprint density at radius 1 is 0.778 bits per heavy atom. The minimum absolute atomic E-state index is 0.256. The number of hydrogen-bond donors (Lipinski definition) is 0. The maximum atomic E-state index is 12.4. The zero-order valence-electron chi connectivity index (χ0n) is 16.1. The molecule has 0 fully saturated rings. The highest BCUT2D eigenvalue weighted by molar-refractivity contribution is 6.03. The minimum atomic E-state index is -0.488. The van der Waals surface area contributed by atoms with Crippen molar-refractivity contribution in [1.82, 2.24) is 0 Å². The van der Waals surface area contributed by atoms with Crippen molar-refractivity contribution in [3.05, 3.63) is 71.3 Å². The predicted octanol–water partition coefficient (Wildman–Crippen LogP) is 5.07. The molecule has 0 amide bonds. The molecule has 4 heteroatoms. The number of carbonyl (C=O) groups is 2. The van der Waals surface area contributed by atoms with Crippen LogP contribution in [0.15, 0.2) is 54.6 Å². The third kappa shape index (κ3) is 7.26. The van der Waals surface area contributed by atoms with Crippen LogP contribution in [0.2, 0.25) is 0 Å². The summed E-state index contributed by atoms with van der Waals surface area (Å²) >= 11 is 0. The molecule has 0 atom stereocenters. The predicted molar refractivity (Wildman–Crippen MR) is 106 cm³/mol. The van der Waals surface area contributed by atoms with E-state index in [0.717, 1.165) is 25.7 Å². The first-order chi connectivity index (χ1) is 13.1. The number of hydrogen-bond acceptors (Lipinski definition) is 4. The molecule has 0 spiro atoms. The quantitative estimate of drug-likeness (QED) is 0.434. The van der Waals surface area contributed by atoms with E-state index in [9.17, 15) is 9.59 Å². The van der Waals surface area contributed by atoms with Crippen molar-refractivity contribution in [3.63, 3.8) is 0 Å². The summed E-state index contributed by atoms with van der Waals surface area (Å²) in [5.41, 5.74) is 1.72. The zero-order chi connectivity index (χ0) is 19.5. The Bertz CT molecular complexity index is 722. The molecule has 27 heavy (non-hydrogen) atoms. The molecular weight excluding hydrogens is 340 g/mol. The van der Waals surface area contributed by atoms with Crippen molar-refractivity contribution in [2.75, 3.05) is 13.2 Å². The normalized spacial score (nSPS) is 10.6. The fourth-order valence-corrected chi connectivity index (χ4v) is 2.74. The van der Waals surface area contributed by atoms with Crippen LogP contribution in [-0.4, -0.2) is 25.2 Å². The van der Waals surface area contributed by atoms with E-state index >= 15 is 0 Å².